The zero-order valence-corrected chi connectivity index (χ0v) is 14.8. The van der Waals surface area contributed by atoms with E-state index in [1.165, 1.54) is 4.90 Å². The van der Waals surface area contributed by atoms with Gasteiger partial charge in [-0.1, -0.05) is 12.1 Å². The van der Waals surface area contributed by atoms with Crippen LogP contribution >= 0.6 is 0 Å². The highest BCUT2D eigenvalue weighted by molar-refractivity contribution is 6.09. The van der Waals surface area contributed by atoms with E-state index in [-0.39, 0.29) is 0 Å². The summed E-state index contributed by atoms with van der Waals surface area (Å²) < 4.78 is 30.3. The van der Waals surface area contributed by atoms with Gasteiger partial charge in [-0.25, -0.2) is 9.97 Å². The molecule has 5 rings (SSSR count). The summed E-state index contributed by atoms with van der Waals surface area (Å²) >= 11 is 0. The van der Waals surface area contributed by atoms with Crippen LogP contribution in [0.15, 0.2) is 47.0 Å². The number of nitrogens with zero attached hydrogens (tertiary/aromatic N) is 4. The van der Waals surface area contributed by atoms with E-state index in [0.717, 1.165) is 33.4 Å². The van der Waals surface area contributed by atoms with E-state index >= 15 is 0 Å². The van der Waals surface area contributed by atoms with E-state index in [9.17, 15) is 0 Å². The van der Waals surface area contributed by atoms with E-state index < -0.39 is 13.1 Å². The molecular formula is C21H20N4O. The summed E-state index contributed by atoms with van der Waals surface area (Å²) in [5, 5.41) is 1.90. The molecule has 130 valence electrons. The third kappa shape index (κ3) is 1.91. The SMILES string of the molecule is [2H]C([2H])([2H])N1c2ncccc2N(c2c(C)ccc3c2oc2nc(C)ccc23)[C@H]1C. The van der Waals surface area contributed by atoms with Gasteiger partial charge in [0.2, 0.25) is 5.71 Å². The largest absolute Gasteiger partial charge is 0.435 e. The molecular weight excluding hydrogens is 324 g/mol. The molecule has 0 saturated carbocycles. The highest BCUT2D eigenvalue weighted by Gasteiger charge is 2.35. The summed E-state index contributed by atoms with van der Waals surface area (Å²) in [7, 11) is 0. The number of rotatable bonds is 1. The minimum atomic E-state index is -2.31. The summed E-state index contributed by atoms with van der Waals surface area (Å²) in [5.74, 6) is 0.446. The molecule has 1 aliphatic rings. The minimum Gasteiger partial charge on any atom is -0.435 e. The molecule has 1 aliphatic heterocycles. The highest BCUT2D eigenvalue weighted by Crippen LogP contribution is 2.46. The van der Waals surface area contributed by atoms with Gasteiger partial charge in [0.1, 0.15) is 6.17 Å². The molecule has 0 radical (unpaired) electrons. The smallest absolute Gasteiger partial charge is 0.227 e. The molecule has 1 aromatic carbocycles. The fraction of sp³-hybridized carbons (Fsp3) is 0.238. The molecule has 4 heterocycles. The van der Waals surface area contributed by atoms with Crippen LogP contribution in [0, 0.1) is 13.8 Å². The Labute approximate surface area is 156 Å². The Morgan fingerprint density at radius 3 is 2.81 bits per heavy atom. The third-order valence-corrected chi connectivity index (χ3v) is 5.06. The van der Waals surface area contributed by atoms with E-state index in [1.807, 2.05) is 62.1 Å². The molecule has 1 atom stereocenters. The van der Waals surface area contributed by atoms with Crippen molar-refractivity contribution in [1.82, 2.24) is 9.97 Å². The Morgan fingerprint density at radius 2 is 1.96 bits per heavy atom. The zero-order chi connectivity index (χ0) is 20.5. The number of hydrogen-bond donors (Lipinski definition) is 0. The van der Waals surface area contributed by atoms with Crippen molar-refractivity contribution in [3.05, 3.63) is 53.9 Å². The van der Waals surface area contributed by atoms with Gasteiger partial charge in [0.25, 0.3) is 0 Å². The Bertz CT molecular complexity index is 1260. The van der Waals surface area contributed by atoms with Gasteiger partial charge in [-0.2, -0.15) is 0 Å². The number of anilines is 3. The summed E-state index contributed by atoms with van der Waals surface area (Å²) in [6, 6.07) is 11.8. The van der Waals surface area contributed by atoms with E-state index in [4.69, 9.17) is 8.53 Å². The van der Waals surface area contributed by atoms with E-state index in [1.54, 1.807) is 6.20 Å². The maximum atomic E-state index is 8.03. The lowest BCUT2D eigenvalue weighted by molar-refractivity contribution is 0.646. The summed E-state index contributed by atoms with van der Waals surface area (Å²) in [4.78, 5) is 12.3. The molecule has 4 aromatic rings. The maximum absolute atomic E-state index is 8.03. The van der Waals surface area contributed by atoms with Crippen LogP contribution in [0.1, 0.15) is 22.3 Å². The predicted molar refractivity (Wildman–Crippen MR) is 105 cm³/mol. The van der Waals surface area contributed by atoms with Gasteiger partial charge in [-0.05, 0) is 50.6 Å². The zero-order valence-electron chi connectivity index (χ0n) is 17.8. The van der Waals surface area contributed by atoms with Crippen molar-refractivity contribution in [3.63, 3.8) is 0 Å². The molecule has 5 heteroatoms. The van der Waals surface area contributed by atoms with E-state index in [0.29, 0.717) is 17.1 Å². The second kappa shape index (κ2) is 5.21. The lowest BCUT2D eigenvalue weighted by atomic mass is 10.1. The Hall–Kier alpha value is -3.08. The van der Waals surface area contributed by atoms with Gasteiger partial charge in [0, 0.05) is 33.8 Å². The van der Waals surface area contributed by atoms with Crippen LogP contribution in [0.4, 0.5) is 17.2 Å². The van der Waals surface area contributed by atoms with Gasteiger partial charge < -0.3 is 14.2 Å². The summed E-state index contributed by atoms with van der Waals surface area (Å²) in [5.41, 5.74) is 4.74. The van der Waals surface area contributed by atoms with Gasteiger partial charge >= 0.3 is 0 Å². The van der Waals surface area contributed by atoms with Crippen LogP contribution in [0.2, 0.25) is 0 Å². The standard InChI is InChI=1S/C21H20N4O/c1-12-7-9-15-16-10-8-13(2)23-21(16)26-19(15)18(12)25-14(3)24(4)20-17(25)6-5-11-22-20/h5-11,14H,1-4H3/t14-/m0/s1/i4D3. The fourth-order valence-electron chi connectivity index (χ4n) is 3.76. The highest BCUT2D eigenvalue weighted by atomic mass is 16.3. The first-order valence-corrected chi connectivity index (χ1v) is 8.60. The van der Waals surface area contributed by atoms with Crippen LogP contribution < -0.4 is 9.80 Å². The molecule has 0 bridgehead atoms. The number of aryl methyl sites for hydroxylation is 2. The summed E-state index contributed by atoms with van der Waals surface area (Å²) in [6.45, 7) is 3.49. The second-order valence-corrected chi connectivity index (χ2v) is 6.73. The number of benzene rings is 1. The van der Waals surface area contributed by atoms with Crippen molar-refractivity contribution in [3.8, 4) is 0 Å². The molecule has 3 aromatic heterocycles. The molecule has 0 amide bonds. The normalized spacial score (nSPS) is 18.9. The lowest BCUT2D eigenvalue weighted by Crippen LogP contribution is -2.36. The molecule has 26 heavy (non-hydrogen) atoms. The Morgan fingerprint density at radius 1 is 1.12 bits per heavy atom. The topological polar surface area (TPSA) is 45.4 Å². The van der Waals surface area contributed by atoms with Gasteiger partial charge in [0.05, 0.1) is 11.4 Å². The van der Waals surface area contributed by atoms with Crippen molar-refractivity contribution in [2.75, 3.05) is 16.8 Å². The average molecular weight is 347 g/mol. The van der Waals surface area contributed by atoms with E-state index in [2.05, 4.69) is 9.97 Å². The van der Waals surface area contributed by atoms with Crippen LogP contribution in [0.25, 0.3) is 22.1 Å². The Balaban J connectivity index is 1.81. The number of aromatic nitrogens is 2. The van der Waals surface area contributed by atoms with Crippen molar-refractivity contribution in [2.24, 2.45) is 0 Å². The van der Waals surface area contributed by atoms with Gasteiger partial charge in [0.15, 0.2) is 11.4 Å². The predicted octanol–water partition coefficient (Wildman–Crippen LogP) is 4.93. The first kappa shape index (κ1) is 12.3. The number of hydrogen-bond acceptors (Lipinski definition) is 5. The third-order valence-electron chi connectivity index (χ3n) is 5.06. The molecule has 0 N–H and O–H groups in total. The molecule has 0 aliphatic carbocycles. The number of pyridine rings is 2. The molecule has 0 saturated heterocycles. The average Bonchev–Trinajstić information content (AvgIpc) is 3.15. The first-order chi connectivity index (χ1) is 13.8. The van der Waals surface area contributed by atoms with Crippen molar-refractivity contribution >= 4 is 39.3 Å². The fourth-order valence-corrected chi connectivity index (χ4v) is 3.76. The molecule has 0 fully saturated rings. The lowest BCUT2D eigenvalue weighted by Gasteiger charge is -2.28. The second-order valence-electron chi connectivity index (χ2n) is 6.73. The monoisotopic (exact) mass is 347 g/mol. The number of fused-ring (bicyclic) bond motifs is 4. The minimum absolute atomic E-state index is 0.446. The van der Waals surface area contributed by atoms with Crippen molar-refractivity contribution < 1.29 is 8.53 Å². The quantitative estimate of drug-likeness (QED) is 0.489. The maximum Gasteiger partial charge on any atom is 0.227 e. The van der Waals surface area contributed by atoms with Crippen LogP contribution in [0.5, 0.6) is 0 Å². The van der Waals surface area contributed by atoms with Gasteiger partial charge in [-0.15, -0.1) is 0 Å². The van der Waals surface area contributed by atoms with Crippen LogP contribution in [-0.4, -0.2) is 23.1 Å². The molecule has 0 unspecified atom stereocenters. The molecule has 0 spiro atoms. The van der Waals surface area contributed by atoms with Crippen LogP contribution in [0.3, 0.4) is 0 Å². The van der Waals surface area contributed by atoms with Crippen molar-refractivity contribution in [1.29, 1.82) is 0 Å². The van der Waals surface area contributed by atoms with Gasteiger partial charge in [-0.3, -0.25) is 0 Å². The van der Waals surface area contributed by atoms with Crippen LogP contribution in [-0.2, 0) is 0 Å². The summed E-state index contributed by atoms with van der Waals surface area (Å²) in [6.07, 6.45) is 1.16. The number of furan rings is 1. The molecule has 5 nitrogen and oxygen atoms in total. The first-order valence-electron chi connectivity index (χ1n) is 10.1. The Kier molecular flexibility index (Phi) is 2.46. The van der Waals surface area contributed by atoms with Crippen molar-refractivity contribution in [2.45, 2.75) is 26.9 Å².